The number of pyridine rings is 3. The van der Waals surface area contributed by atoms with E-state index >= 15 is 0 Å². The third kappa shape index (κ3) is 22.4. The number of hydrogen-bond acceptors (Lipinski definition) is 19. The van der Waals surface area contributed by atoms with Crippen molar-refractivity contribution in [3.8, 4) is 0 Å². The van der Waals surface area contributed by atoms with Gasteiger partial charge in [0.15, 0.2) is 39.8 Å². The Labute approximate surface area is 807 Å². The molecule has 0 unspecified atom stereocenters. The number of nitrogens with zero attached hydrogens (tertiary/aromatic N) is 10. The van der Waals surface area contributed by atoms with Gasteiger partial charge in [-0.3, -0.25) is 52.3 Å². The number of nitrogen functional groups attached to an aromatic ring is 2. The predicted octanol–water partition coefficient (Wildman–Crippen LogP) is 18.6. The first-order valence-electron chi connectivity index (χ1n) is 42.1. The number of anilines is 10. The lowest BCUT2D eigenvalue weighted by Crippen LogP contribution is -2.29. The molecule has 10 heterocycles. The molecule has 0 atom stereocenters. The smallest absolute Gasteiger partial charge is 0.268 e. The summed E-state index contributed by atoms with van der Waals surface area (Å²) in [5, 5.41) is 32.3. The summed E-state index contributed by atoms with van der Waals surface area (Å²) in [6.45, 7) is 56.9. The fraction of sp³-hybridized carbons (Fsp3) is 0.122. The Morgan fingerprint density at radius 1 is 0.369 bits per heavy atom. The highest BCUT2D eigenvalue weighted by molar-refractivity contribution is 8.14. The van der Waals surface area contributed by atoms with Gasteiger partial charge >= 0.3 is 0 Å². The summed E-state index contributed by atoms with van der Waals surface area (Å²) in [4.78, 5) is 130. The van der Waals surface area contributed by atoms with Crippen LogP contribution in [-0.2, 0) is 74.0 Å². The molecule has 10 aromatic carbocycles. The molecule has 0 saturated carbocycles. The van der Waals surface area contributed by atoms with E-state index in [0.29, 0.717) is 113 Å². The van der Waals surface area contributed by atoms with E-state index < -0.39 is 34.0 Å². The summed E-state index contributed by atoms with van der Waals surface area (Å²) in [6.07, 6.45) is 12.1. The Morgan fingerprint density at radius 3 is 1.11 bits per heavy atom. The molecule has 141 heavy (non-hydrogen) atoms. The Balaban J connectivity index is 0.000000138. The normalized spacial score (nSPS) is 12.0. The Kier molecular flexibility index (Phi) is 30.2. The summed E-state index contributed by atoms with van der Waals surface area (Å²) in [5.74, 6) is -0.652. The lowest BCUT2D eigenvalue weighted by molar-refractivity contribution is -0.383. The Morgan fingerprint density at radius 2 is 0.688 bits per heavy atom. The highest BCUT2D eigenvalue weighted by Crippen LogP contribution is 2.45. The maximum absolute atomic E-state index is 13.5. The average Bonchev–Trinajstić information content (AvgIpc) is 1.68. The lowest BCUT2D eigenvalue weighted by Gasteiger charge is -2.21. The Bertz CT molecular complexity index is 8640. The maximum Gasteiger partial charge on any atom is 0.268 e. The highest BCUT2D eigenvalue weighted by atomic mass is 35.7. The van der Waals surface area contributed by atoms with Crippen LogP contribution in [0.3, 0.4) is 0 Å². The first-order chi connectivity index (χ1) is 67.4. The van der Waals surface area contributed by atoms with Gasteiger partial charge < -0.3 is 73.3 Å². The van der Waals surface area contributed by atoms with Crippen LogP contribution in [0, 0.1) is 56.1 Å². The van der Waals surface area contributed by atoms with Crippen LogP contribution < -0.4 is 68.7 Å². The van der Waals surface area contributed by atoms with Gasteiger partial charge in [0.05, 0.1) is 71.0 Å². The third-order valence-corrected chi connectivity index (χ3v) is 27.1. The predicted molar refractivity (Wildman–Crippen MR) is 545 cm³/mol. The van der Waals surface area contributed by atoms with Crippen molar-refractivity contribution in [1.29, 1.82) is 0 Å². The topological polar surface area (TPSA) is 521 Å². The van der Waals surface area contributed by atoms with Crippen molar-refractivity contribution < 1.29 is 49.4 Å². The fourth-order valence-corrected chi connectivity index (χ4v) is 20.5. The van der Waals surface area contributed by atoms with Crippen molar-refractivity contribution >= 4 is 231 Å². The number of nitrogens with two attached hydrogens (primary N) is 2. The highest BCUT2D eigenvalue weighted by Gasteiger charge is 2.36. The molecule has 0 spiro atoms. The molecule has 0 fully saturated rings. The maximum atomic E-state index is 13.5. The number of sulfonamides is 2. The second-order valence-electron chi connectivity index (χ2n) is 31.2. The zero-order valence-corrected chi connectivity index (χ0v) is 77.9. The number of rotatable bonds is 10. The van der Waals surface area contributed by atoms with Crippen LogP contribution in [0.1, 0.15) is 49.9 Å². The van der Waals surface area contributed by atoms with Crippen LogP contribution in [0.25, 0.3) is 98.9 Å². The van der Waals surface area contributed by atoms with E-state index in [1.807, 2.05) is 30.5 Å². The number of aromatic nitrogens is 6. The second kappa shape index (κ2) is 42.8. The van der Waals surface area contributed by atoms with Crippen LogP contribution in [0.4, 0.5) is 102 Å². The molecule has 4 amide bonds. The number of carbonyl (C=O) groups excluding carboxylic acids is 4. The summed E-state index contributed by atoms with van der Waals surface area (Å²) in [6, 6.07) is 46.6. The van der Waals surface area contributed by atoms with Crippen LogP contribution >= 0.6 is 10.7 Å². The van der Waals surface area contributed by atoms with E-state index in [9.17, 15) is 68.9 Å². The summed E-state index contributed by atoms with van der Waals surface area (Å²) in [5.41, 5.74) is 26.0. The number of non-ortho nitro benzene ring substituents is 1. The number of hydrogen-bond donors (Lipinski definition) is 14. The quantitative estimate of drug-likeness (QED) is 0.0199. The minimum Gasteiger partial charge on any atom is -0.399 e. The van der Waals surface area contributed by atoms with E-state index in [2.05, 4.69) is 95.7 Å². The molecule has 16 N–H and O–H groups in total. The molecule has 43 heteroatoms. The van der Waals surface area contributed by atoms with Gasteiger partial charge in [-0.15, -0.1) is 0 Å². The van der Waals surface area contributed by atoms with Gasteiger partial charge in [0.1, 0.15) is 0 Å². The number of amides is 4. The molecule has 706 valence electrons. The van der Waals surface area contributed by atoms with E-state index in [4.69, 9.17) is 68.2 Å². The van der Waals surface area contributed by atoms with E-state index in [0.717, 1.165) is 87.2 Å². The van der Waals surface area contributed by atoms with Crippen LogP contribution in [0.15, 0.2) is 242 Å². The fourth-order valence-electron chi connectivity index (χ4n) is 16.0. The molecule has 0 bridgehead atoms. The molecular weight excluding hydrogens is 1880 g/mol. The molecular formula is C98H79ClN24O15S3. The SMILES string of the molecule is O=c1[nH]ccc2c(S(=O)(=O)Cl)cccc12.[C-]#[N+]c1cc(N)c2c(c1)N(S(=O)(=O)c1cccc3c(=O)[nH]ccc13)CC2.[C-]#[N+]c1cc(N)c2cc[nH]c2c1.[C-]#[N+]c1cc(NC(C)=O)c2c(c1)N(S(=O)(=O)c1cccc3c(=O)[nH]ccc13)CC2.[C-]#[N+]c1cc(NC(C)=O)c2cc[nH]c2c1.[C-]#[N+]c1cc([N+](=O)[O-])c2cc[nH]c2c1.[C-]#[N+]c1cc2c(c(NC(C)=O)c1)CCN2.[C-]#[N+]c1cc2c(c(NC(C)=O)c1)CCN2. The second-order valence-corrected chi connectivity index (χ2v) is 37.4. The van der Waals surface area contributed by atoms with Gasteiger partial charge in [-0.25, -0.2) is 59.2 Å². The van der Waals surface area contributed by atoms with Crippen molar-refractivity contribution in [3.63, 3.8) is 0 Å². The zero-order valence-electron chi connectivity index (χ0n) is 74.7. The van der Waals surface area contributed by atoms with Crippen molar-refractivity contribution in [2.45, 2.75) is 68.1 Å². The molecule has 4 aliphatic heterocycles. The summed E-state index contributed by atoms with van der Waals surface area (Å²) >= 11 is 0. The number of nitro groups is 1. The van der Waals surface area contributed by atoms with Crippen molar-refractivity contribution in [3.05, 3.63) is 356 Å². The largest absolute Gasteiger partial charge is 0.399 e. The summed E-state index contributed by atoms with van der Waals surface area (Å²) in [7, 11) is -6.49. The number of benzene rings is 10. The minimum atomic E-state index is -4.00. The number of nitrogens with one attached hydrogen (secondary N) is 12. The monoisotopic (exact) mass is 1960 g/mol. The third-order valence-electron chi connectivity index (χ3n) is 22.0. The molecule has 39 nitrogen and oxygen atoms in total. The van der Waals surface area contributed by atoms with Crippen LogP contribution in [0.5, 0.6) is 0 Å². The Hall–Kier alpha value is -18.9. The summed E-state index contributed by atoms with van der Waals surface area (Å²) < 4.78 is 78.6. The molecule has 20 rings (SSSR count). The van der Waals surface area contributed by atoms with Gasteiger partial charge in [-0.1, -0.05) is 18.2 Å². The molecule has 4 aliphatic rings. The van der Waals surface area contributed by atoms with Gasteiger partial charge in [0.2, 0.25) is 23.6 Å². The van der Waals surface area contributed by atoms with Crippen molar-refractivity contribution in [2.75, 3.05) is 78.2 Å². The molecule has 16 aromatic rings. The number of aromatic amines is 6. The van der Waals surface area contributed by atoms with Gasteiger partial charge in [-0.05, 0) is 200 Å². The molecule has 0 saturated heterocycles. The zero-order chi connectivity index (χ0) is 101. The van der Waals surface area contributed by atoms with Gasteiger partial charge in [0, 0.05) is 224 Å². The van der Waals surface area contributed by atoms with E-state index in [1.54, 1.807) is 116 Å². The molecule has 6 aromatic heterocycles. The van der Waals surface area contributed by atoms with Crippen molar-refractivity contribution in [2.24, 2.45) is 0 Å². The van der Waals surface area contributed by atoms with Gasteiger partial charge in [0.25, 0.3) is 51.5 Å². The first kappa shape index (κ1) is 99.6. The van der Waals surface area contributed by atoms with E-state index in [-0.39, 0.29) is 96.2 Å². The molecule has 0 radical (unpaired) electrons. The number of nitro benzene ring substituents is 1. The first-order valence-corrected chi connectivity index (χ1v) is 47.3. The standard InChI is InChI=1S/C20H16N4O4S.C18H14N4O3S.2C11H11N3O.C11H9N3O.C9H6ClNO3S.C9H5N3O2.C9H7N3/c1-12(25)23-17-10-13(21-2)11-18-16(17)7-9-24(18)29(27,28)19-5-3-4-15-14(19)6-8-22-20(15)26;1-20-11-9-15(19)14-6-8-22(16(14)10-11)26(24,25)17-4-2-3-13-12(17)5-7-21-18(13)23;3*1-7(15)14-11-6-8(12-2)5-10-9(11)3-4-13-10;10-15(13,14)8-3-1-2-7-6(8)4-5-11-9(7)12;1-10-6-4-8-7(2-3-11-8)9(5-6)12(13)14;1-11-6-4-8(10)7-2-3-12-9(7)5-6/h3-6,8,10-11H,7,9H2,1H3,(H,22,26)(H,23,25);2-5,7,9-10H,6,8,19H2,(H,21,23);2*5-6,13H,3-4H2,1H3,(H,14,15);3-6,13H,1H3,(H,14,15);1-5H,(H,11,12);2-5,11H;2-5,12H,10H2. The van der Waals surface area contributed by atoms with Crippen molar-refractivity contribution in [1.82, 2.24) is 29.9 Å². The van der Waals surface area contributed by atoms with Crippen LogP contribution in [0.2, 0.25) is 0 Å². The molecule has 0 aliphatic carbocycles. The van der Waals surface area contributed by atoms with E-state index in [1.165, 1.54) is 103 Å². The number of halogens is 1. The number of carbonyl (C=O) groups is 4. The average molecular weight is 1960 g/mol. The number of fused-ring (bicyclic) bond motifs is 10. The lowest BCUT2D eigenvalue weighted by atomic mass is 10.1. The minimum absolute atomic E-state index is 0.0169. The number of H-pyrrole nitrogens is 6. The van der Waals surface area contributed by atoms with Crippen LogP contribution in [-0.4, -0.2) is 110 Å². The van der Waals surface area contributed by atoms with Gasteiger partial charge in [-0.2, -0.15) is 0 Å².